The molecule has 0 aliphatic rings. The molecule has 0 aromatic carbocycles. The second-order valence-corrected chi connectivity index (χ2v) is 5.39. The number of thiazole rings is 1. The highest BCUT2D eigenvalue weighted by molar-refractivity contribution is 7.10. The highest BCUT2D eigenvalue weighted by Gasteiger charge is 2.13. The van der Waals surface area contributed by atoms with Crippen molar-refractivity contribution in [2.24, 2.45) is 0 Å². The van der Waals surface area contributed by atoms with Gasteiger partial charge in [0.1, 0.15) is 10.7 Å². The minimum Gasteiger partial charge on any atom is -0.247 e. The lowest BCUT2D eigenvalue weighted by Crippen LogP contribution is -2.22. The lowest BCUT2D eigenvalue weighted by molar-refractivity contribution is 0.347. The van der Waals surface area contributed by atoms with Crippen LogP contribution in [0.4, 0.5) is 0 Å². The SMILES string of the molecule is CC(C)(C)n1cc(C=Cc2nccs2)nn1. The molecule has 4 nitrogen and oxygen atoms in total. The molecule has 0 aliphatic carbocycles. The predicted molar refractivity (Wildman–Crippen MR) is 66.1 cm³/mol. The Bertz CT molecular complexity index is 476. The highest BCUT2D eigenvalue weighted by Crippen LogP contribution is 2.13. The van der Waals surface area contributed by atoms with Crippen molar-refractivity contribution in [2.45, 2.75) is 26.3 Å². The molecule has 0 amide bonds. The van der Waals surface area contributed by atoms with E-state index in [1.807, 2.05) is 28.4 Å². The van der Waals surface area contributed by atoms with Gasteiger partial charge in [0.15, 0.2) is 0 Å². The Balaban J connectivity index is 2.15. The van der Waals surface area contributed by atoms with E-state index in [1.54, 1.807) is 17.5 Å². The van der Waals surface area contributed by atoms with Crippen molar-refractivity contribution >= 4 is 23.5 Å². The van der Waals surface area contributed by atoms with E-state index in [0.29, 0.717) is 0 Å². The molecule has 5 heteroatoms. The highest BCUT2D eigenvalue weighted by atomic mass is 32.1. The third-order valence-corrected chi connectivity index (χ3v) is 2.79. The maximum Gasteiger partial charge on any atom is 0.116 e. The van der Waals surface area contributed by atoms with E-state index < -0.39 is 0 Å². The number of rotatable bonds is 2. The fourth-order valence-corrected chi connectivity index (χ4v) is 1.68. The molecular formula is C11H14N4S. The molecule has 2 aromatic rings. The number of hydrogen-bond acceptors (Lipinski definition) is 4. The van der Waals surface area contributed by atoms with Crippen molar-refractivity contribution < 1.29 is 0 Å². The van der Waals surface area contributed by atoms with Crippen LogP contribution in [0.25, 0.3) is 12.2 Å². The Labute approximate surface area is 98.6 Å². The zero-order valence-corrected chi connectivity index (χ0v) is 10.4. The lowest BCUT2D eigenvalue weighted by Gasteiger charge is -2.17. The normalized spacial score (nSPS) is 12.4. The molecule has 2 rings (SSSR count). The zero-order chi connectivity index (χ0) is 11.6. The van der Waals surface area contributed by atoms with Gasteiger partial charge < -0.3 is 0 Å². The molecule has 0 saturated heterocycles. The molecule has 0 unspecified atom stereocenters. The van der Waals surface area contributed by atoms with E-state index >= 15 is 0 Å². The number of aromatic nitrogens is 4. The average Bonchev–Trinajstić information content (AvgIpc) is 2.85. The summed E-state index contributed by atoms with van der Waals surface area (Å²) in [5, 5.41) is 11.1. The van der Waals surface area contributed by atoms with Gasteiger partial charge in [0.05, 0.1) is 11.7 Å². The van der Waals surface area contributed by atoms with Gasteiger partial charge in [-0.3, -0.25) is 0 Å². The van der Waals surface area contributed by atoms with Crippen molar-refractivity contribution in [2.75, 3.05) is 0 Å². The molecule has 0 radical (unpaired) electrons. The summed E-state index contributed by atoms with van der Waals surface area (Å²) in [5.74, 6) is 0. The largest absolute Gasteiger partial charge is 0.247 e. The fourth-order valence-electron chi connectivity index (χ4n) is 1.15. The Morgan fingerprint density at radius 3 is 2.69 bits per heavy atom. The van der Waals surface area contributed by atoms with Crippen molar-refractivity contribution in [3.8, 4) is 0 Å². The van der Waals surface area contributed by atoms with Crippen molar-refractivity contribution in [3.63, 3.8) is 0 Å². The summed E-state index contributed by atoms with van der Waals surface area (Å²) < 4.78 is 1.86. The summed E-state index contributed by atoms with van der Waals surface area (Å²) >= 11 is 1.60. The van der Waals surface area contributed by atoms with Gasteiger partial charge in [-0.1, -0.05) is 5.21 Å². The third-order valence-electron chi connectivity index (χ3n) is 2.05. The minimum atomic E-state index is -0.0275. The topological polar surface area (TPSA) is 43.6 Å². The molecule has 0 aliphatic heterocycles. The molecule has 0 bridgehead atoms. The first-order chi connectivity index (χ1) is 7.55. The molecular weight excluding hydrogens is 220 g/mol. The Morgan fingerprint density at radius 1 is 1.31 bits per heavy atom. The Hall–Kier alpha value is -1.49. The summed E-state index contributed by atoms with van der Waals surface area (Å²) in [7, 11) is 0. The van der Waals surface area contributed by atoms with Crippen LogP contribution in [0.1, 0.15) is 31.5 Å². The van der Waals surface area contributed by atoms with Gasteiger partial charge in [-0.05, 0) is 32.9 Å². The summed E-state index contributed by atoms with van der Waals surface area (Å²) in [5.41, 5.74) is 0.824. The molecule has 84 valence electrons. The second kappa shape index (κ2) is 4.17. The van der Waals surface area contributed by atoms with E-state index in [1.165, 1.54) is 0 Å². The lowest BCUT2D eigenvalue weighted by atomic mass is 10.1. The van der Waals surface area contributed by atoms with Crippen molar-refractivity contribution in [1.82, 2.24) is 20.0 Å². The molecule has 0 atom stereocenters. The van der Waals surface area contributed by atoms with E-state index in [9.17, 15) is 0 Å². The zero-order valence-electron chi connectivity index (χ0n) is 9.58. The Morgan fingerprint density at radius 2 is 2.12 bits per heavy atom. The average molecular weight is 234 g/mol. The van der Waals surface area contributed by atoms with Crippen LogP contribution in [0, 0.1) is 0 Å². The van der Waals surface area contributed by atoms with Gasteiger partial charge in [-0.25, -0.2) is 9.67 Å². The minimum absolute atomic E-state index is 0.0275. The molecule has 16 heavy (non-hydrogen) atoms. The predicted octanol–water partition coefficient (Wildman–Crippen LogP) is 2.66. The van der Waals surface area contributed by atoms with Gasteiger partial charge in [-0.15, -0.1) is 16.4 Å². The molecule has 2 heterocycles. The summed E-state index contributed by atoms with van der Waals surface area (Å²) in [6.07, 6.45) is 7.59. The van der Waals surface area contributed by atoms with E-state index in [-0.39, 0.29) is 5.54 Å². The van der Waals surface area contributed by atoms with E-state index in [2.05, 4.69) is 36.1 Å². The second-order valence-electron chi connectivity index (χ2n) is 4.46. The fraction of sp³-hybridized carbons (Fsp3) is 0.364. The van der Waals surface area contributed by atoms with Gasteiger partial charge in [-0.2, -0.15) is 0 Å². The van der Waals surface area contributed by atoms with Crippen LogP contribution < -0.4 is 0 Å². The molecule has 0 spiro atoms. The van der Waals surface area contributed by atoms with Crippen molar-refractivity contribution in [1.29, 1.82) is 0 Å². The van der Waals surface area contributed by atoms with Crippen LogP contribution in [0.2, 0.25) is 0 Å². The summed E-state index contributed by atoms with van der Waals surface area (Å²) in [6.45, 7) is 6.28. The van der Waals surface area contributed by atoms with E-state index in [0.717, 1.165) is 10.7 Å². The van der Waals surface area contributed by atoms with Crippen LogP contribution in [0.3, 0.4) is 0 Å². The smallest absolute Gasteiger partial charge is 0.116 e. The maximum absolute atomic E-state index is 4.16. The van der Waals surface area contributed by atoms with Gasteiger partial charge >= 0.3 is 0 Å². The number of nitrogens with zero attached hydrogens (tertiary/aromatic N) is 4. The number of hydrogen-bond donors (Lipinski definition) is 0. The van der Waals surface area contributed by atoms with E-state index in [4.69, 9.17) is 0 Å². The third kappa shape index (κ3) is 2.55. The van der Waals surface area contributed by atoms with Gasteiger partial charge in [0.2, 0.25) is 0 Å². The van der Waals surface area contributed by atoms with Crippen molar-refractivity contribution in [3.05, 3.63) is 28.5 Å². The van der Waals surface area contributed by atoms with Crippen LogP contribution in [0.15, 0.2) is 17.8 Å². The Kier molecular flexibility index (Phi) is 2.87. The first kappa shape index (κ1) is 11.0. The molecule has 0 N–H and O–H groups in total. The summed E-state index contributed by atoms with van der Waals surface area (Å²) in [6, 6.07) is 0. The standard InChI is InChI=1S/C11H14N4S/c1-11(2,3)15-8-9(13-14-15)4-5-10-12-6-7-16-10/h4-8H,1-3H3. The van der Waals surface area contributed by atoms with Crippen LogP contribution >= 0.6 is 11.3 Å². The molecule has 0 saturated carbocycles. The summed E-state index contributed by atoms with van der Waals surface area (Å²) in [4.78, 5) is 4.16. The van der Waals surface area contributed by atoms with Crippen LogP contribution in [0.5, 0.6) is 0 Å². The van der Waals surface area contributed by atoms with Gasteiger partial charge in [0, 0.05) is 11.6 Å². The van der Waals surface area contributed by atoms with Gasteiger partial charge in [0.25, 0.3) is 0 Å². The van der Waals surface area contributed by atoms with Crippen LogP contribution in [-0.2, 0) is 5.54 Å². The monoisotopic (exact) mass is 234 g/mol. The molecule has 2 aromatic heterocycles. The first-order valence-corrected chi connectivity index (χ1v) is 5.94. The van der Waals surface area contributed by atoms with Crippen LogP contribution in [-0.4, -0.2) is 20.0 Å². The first-order valence-electron chi connectivity index (χ1n) is 5.06. The maximum atomic E-state index is 4.16. The quantitative estimate of drug-likeness (QED) is 0.802. The molecule has 0 fully saturated rings.